The molecule has 0 spiro atoms. The van der Waals surface area contributed by atoms with Gasteiger partial charge in [-0.3, -0.25) is 15.0 Å². The Morgan fingerprint density at radius 1 is 1.30 bits per heavy atom. The van der Waals surface area contributed by atoms with Crippen molar-refractivity contribution in [2.75, 3.05) is 29.9 Å². The van der Waals surface area contributed by atoms with Crippen LogP contribution < -0.4 is 10.2 Å². The number of nitrogens with zero attached hydrogens (tertiary/aromatic N) is 2. The fraction of sp³-hybridized carbons (Fsp3) is 0.235. The Labute approximate surface area is 164 Å². The van der Waals surface area contributed by atoms with Crippen LogP contribution in [0, 0.1) is 10.1 Å². The van der Waals surface area contributed by atoms with Gasteiger partial charge >= 0.3 is 6.09 Å². The maximum Gasteiger partial charge on any atom is 0.414 e. The van der Waals surface area contributed by atoms with Gasteiger partial charge in [0.25, 0.3) is 5.69 Å². The van der Waals surface area contributed by atoms with E-state index in [0.717, 1.165) is 0 Å². The molecule has 0 radical (unpaired) electrons. The molecule has 10 heteroatoms. The second kappa shape index (κ2) is 7.99. The number of halogens is 2. The molecule has 1 saturated heterocycles. The van der Waals surface area contributed by atoms with Crippen LogP contribution in [-0.2, 0) is 4.74 Å². The Morgan fingerprint density at radius 3 is 2.70 bits per heavy atom. The van der Waals surface area contributed by atoms with Crippen LogP contribution in [-0.4, -0.2) is 35.8 Å². The fourth-order valence-corrected chi connectivity index (χ4v) is 3.24. The van der Waals surface area contributed by atoms with Crippen LogP contribution in [0.5, 0.6) is 0 Å². The summed E-state index contributed by atoms with van der Waals surface area (Å²) in [7, 11) is 0. The van der Waals surface area contributed by atoms with Crippen molar-refractivity contribution in [2.24, 2.45) is 0 Å². The van der Waals surface area contributed by atoms with Gasteiger partial charge in [0.05, 0.1) is 28.9 Å². The van der Waals surface area contributed by atoms with Gasteiger partial charge in [0.15, 0.2) is 0 Å². The molecule has 1 atom stereocenters. The first-order valence-electron chi connectivity index (χ1n) is 7.96. The summed E-state index contributed by atoms with van der Waals surface area (Å²) in [6.07, 6.45) is -1.54. The molecule has 2 aromatic rings. The average Bonchev–Trinajstić information content (AvgIpc) is 3.05. The van der Waals surface area contributed by atoms with Gasteiger partial charge in [0.2, 0.25) is 0 Å². The number of hydrogen-bond donors (Lipinski definition) is 2. The molecule has 1 heterocycles. The first-order chi connectivity index (χ1) is 12.9. The van der Waals surface area contributed by atoms with E-state index in [9.17, 15) is 20.0 Å². The average molecular weight is 412 g/mol. The zero-order chi connectivity index (χ0) is 19.6. The molecule has 0 bridgehead atoms. The van der Waals surface area contributed by atoms with Crippen molar-refractivity contribution in [2.45, 2.75) is 6.10 Å². The van der Waals surface area contributed by atoms with Crippen LogP contribution in [0.1, 0.15) is 11.7 Å². The predicted octanol–water partition coefficient (Wildman–Crippen LogP) is 4.00. The molecular weight excluding hydrogens is 397 g/mol. The number of amides is 1. The second-order valence-corrected chi connectivity index (χ2v) is 6.63. The minimum atomic E-state index is -0.955. The summed E-state index contributed by atoms with van der Waals surface area (Å²) in [5.74, 6) is 0. The molecule has 1 fully saturated rings. The Balaban J connectivity index is 1.83. The molecule has 0 aromatic heterocycles. The topological polar surface area (TPSA) is 105 Å². The van der Waals surface area contributed by atoms with E-state index in [1.807, 2.05) is 0 Å². The third-order valence-corrected chi connectivity index (χ3v) is 4.61. The number of anilines is 2. The molecule has 1 aliphatic heterocycles. The molecule has 8 nitrogen and oxygen atoms in total. The normalized spacial score (nSPS) is 14.8. The first kappa shape index (κ1) is 19.2. The minimum absolute atomic E-state index is 0.0645. The van der Waals surface area contributed by atoms with Crippen molar-refractivity contribution < 1.29 is 19.6 Å². The van der Waals surface area contributed by atoms with Crippen LogP contribution in [0.3, 0.4) is 0 Å². The minimum Gasteiger partial charge on any atom is -0.447 e. The number of aliphatic hydroxyl groups excluding tert-OH is 1. The molecule has 3 rings (SSSR count). The predicted molar refractivity (Wildman–Crippen MR) is 102 cm³/mol. The highest BCUT2D eigenvalue weighted by Gasteiger charge is 2.27. The smallest absolute Gasteiger partial charge is 0.414 e. The number of hydrogen-bond acceptors (Lipinski definition) is 6. The molecule has 142 valence electrons. The van der Waals surface area contributed by atoms with Crippen LogP contribution >= 0.6 is 23.2 Å². The van der Waals surface area contributed by atoms with E-state index < -0.39 is 17.1 Å². The van der Waals surface area contributed by atoms with E-state index in [-0.39, 0.29) is 25.4 Å². The summed E-state index contributed by atoms with van der Waals surface area (Å²) in [5.41, 5.74) is 1.08. The molecule has 2 N–H and O–H groups in total. The maximum atomic E-state index is 11.9. The standard InChI is InChI=1S/C17H15Cl2N3O5/c18-10-1-3-12(13(19)7-10)16(23)9-20-14-4-2-11(22(25)26)8-15(14)21-5-6-27-17(21)24/h1-4,7-8,16,20,23H,5-6,9H2. The van der Waals surface area contributed by atoms with E-state index in [1.54, 1.807) is 12.1 Å². The zero-order valence-electron chi connectivity index (χ0n) is 13.9. The lowest BCUT2D eigenvalue weighted by Crippen LogP contribution is -2.25. The van der Waals surface area contributed by atoms with Crippen LogP contribution in [0.15, 0.2) is 36.4 Å². The van der Waals surface area contributed by atoms with Crippen LogP contribution in [0.25, 0.3) is 0 Å². The van der Waals surface area contributed by atoms with E-state index in [4.69, 9.17) is 27.9 Å². The number of aliphatic hydroxyl groups is 1. The highest BCUT2D eigenvalue weighted by Crippen LogP contribution is 2.33. The third-order valence-electron chi connectivity index (χ3n) is 4.05. The largest absolute Gasteiger partial charge is 0.447 e. The number of benzene rings is 2. The number of rotatable bonds is 6. The fourth-order valence-electron chi connectivity index (χ4n) is 2.71. The number of nitro benzene ring substituents is 1. The van der Waals surface area contributed by atoms with Crippen molar-refractivity contribution in [1.82, 2.24) is 0 Å². The second-order valence-electron chi connectivity index (χ2n) is 5.79. The Bertz CT molecular complexity index is 893. The lowest BCUT2D eigenvalue weighted by molar-refractivity contribution is -0.384. The van der Waals surface area contributed by atoms with Crippen molar-refractivity contribution in [3.05, 3.63) is 62.1 Å². The van der Waals surface area contributed by atoms with Gasteiger partial charge in [-0.15, -0.1) is 0 Å². The Kier molecular flexibility index (Phi) is 5.69. The van der Waals surface area contributed by atoms with Crippen molar-refractivity contribution in [3.63, 3.8) is 0 Å². The quantitative estimate of drug-likeness (QED) is 0.549. The number of ether oxygens (including phenoxy) is 1. The molecule has 27 heavy (non-hydrogen) atoms. The highest BCUT2D eigenvalue weighted by atomic mass is 35.5. The van der Waals surface area contributed by atoms with Gasteiger partial charge in [-0.2, -0.15) is 0 Å². The summed E-state index contributed by atoms with van der Waals surface area (Å²) in [6, 6.07) is 8.84. The van der Waals surface area contributed by atoms with E-state index in [0.29, 0.717) is 27.0 Å². The van der Waals surface area contributed by atoms with Crippen molar-refractivity contribution >= 4 is 46.4 Å². The van der Waals surface area contributed by atoms with Gasteiger partial charge in [-0.1, -0.05) is 29.3 Å². The van der Waals surface area contributed by atoms with E-state index >= 15 is 0 Å². The van der Waals surface area contributed by atoms with E-state index in [2.05, 4.69) is 5.32 Å². The van der Waals surface area contributed by atoms with Crippen molar-refractivity contribution in [3.8, 4) is 0 Å². The van der Waals surface area contributed by atoms with Crippen LogP contribution in [0.2, 0.25) is 10.0 Å². The molecular formula is C17H15Cl2N3O5. The first-order valence-corrected chi connectivity index (χ1v) is 8.72. The zero-order valence-corrected chi connectivity index (χ0v) is 15.4. The highest BCUT2D eigenvalue weighted by molar-refractivity contribution is 6.35. The number of cyclic esters (lactones) is 1. The monoisotopic (exact) mass is 411 g/mol. The summed E-state index contributed by atoms with van der Waals surface area (Å²) in [5, 5.41) is 25.2. The summed E-state index contributed by atoms with van der Waals surface area (Å²) in [4.78, 5) is 23.7. The molecule has 1 unspecified atom stereocenters. The lowest BCUT2D eigenvalue weighted by atomic mass is 10.1. The van der Waals surface area contributed by atoms with Gasteiger partial charge < -0.3 is 15.2 Å². The number of non-ortho nitro benzene ring substituents is 1. The molecule has 2 aromatic carbocycles. The number of nitrogens with one attached hydrogen (secondary N) is 1. The van der Waals surface area contributed by atoms with E-state index in [1.165, 1.54) is 29.2 Å². The number of carbonyl (C=O) groups is 1. The number of nitro groups is 1. The van der Waals surface area contributed by atoms with Crippen molar-refractivity contribution in [1.29, 1.82) is 0 Å². The molecule has 1 aliphatic rings. The van der Waals surface area contributed by atoms with Gasteiger partial charge in [-0.25, -0.2) is 4.79 Å². The van der Waals surface area contributed by atoms with Gasteiger partial charge in [0.1, 0.15) is 6.61 Å². The summed E-state index contributed by atoms with van der Waals surface area (Å²) in [6.45, 7) is 0.541. The Morgan fingerprint density at radius 2 is 2.07 bits per heavy atom. The summed E-state index contributed by atoms with van der Waals surface area (Å²) < 4.78 is 4.91. The Hall–Kier alpha value is -2.55. The third kappa shape index (κ3) is 4.24. The molecule has 0 aliphatic carbocycles. The SMILES string of the molecule is O=C1OCCN1c1cc([N+](=O)[O-])ccc1NCC(O)c1ccc(Cl)cc1Cl. The molecule has 0 saturated carbocycles. The molecule has 1 amide bonds. The van der Waals surface area contributed by atoms with Crippen LogP contribution in [0.4, 0.5) is 21.9 Å². The van der Waals surface area contributed by atoms with Gasteiger partial charge in [0, 0.05) is 34.3 Å². The maximum absolute atomic E-state index is 11.9. The summed E-state index contributed by atoms with van der Waals surface area (Å²) >= 11 is 12.0. The number of carbonyl (C=O) groups excluding carboxylic acids is 1. The lowest BCUT2D eigenvalue weighted by Gasteiger charge is -2.20. The van der Waals surface area contributed by atoms with Gasteiger partial charge in [-0.05, 0) is 18.2 Å².